The van der Waals surface area contributed by atoms with Gasteiger partial charge in [-0.1, -0.05) is 97.1 Å². The van der Waals surface area contributed by atoms with Crippen molar-refractivity contribution in [3.8, 4) is 22.3 Å². The van der Waals surface area contributed by atoms with Crippen molar-refractivity contribution >= 4 is 60.2 Å². The van der Waals surface area contributed by atoms with E-state index in [1.165, 1.54) is 33.0 Å². The van der Waals surface area contributed by atoms with Crippen LogP contribution in [0.1, 0.15) is 0 Å². The molecule has 3 nitrogen and oxygen atoms in total. The molecule has 0 aliphatic heterocycles. The molecule has 0 unspecified atom stereocenters. The zero-order valence-electron chi connectivity index (χ0n) is 22.1. The van der Waals surface area contributed by atoms with E-state index in [4.69, 9.17) is 9.97 Å². The van der Waals surface area contributed by atoms with E-state index in [9.17, 15) is 0 Å². The molecule has 6 aromatic carbocycles. The van der Waals surface area contributed by atoms with Gasteiger partial charge in [-0.25, -0.2) is 9.97 Å². The van der Waals surface area contributed by atoms with E-state index in [0.29, 0.717) is 0 Å². The number of pyridine rings is 2. The fourth-order valence-corrected chi connectivity index (χ4v) is 6.29. The van der Waals surface area contributed by atoms with Crippen molar-refractivity contribution in [3.05, 3.63) is 140 Å². The third-order valence-corrected chi connectivity index (χ3v) is 8.30. The molecule has 0 fully saturated rings. The predicted molar refractivity (Wildman–Crippen MR) is 171 cm³/mol. The molecule has 0 aliphatic rings. The van der Waals surface area contributed by atoms with Gasteiger partial charge in [0.25, 0.3) is 0 Å². The molecule has 0 N–H and O–H groups in total. The van der Waals surface area contributed by atoms with E-state index >= 15 is 0 Å². The zero-order chi connectivity index (χ0) is 26.9. The van der Waals surface area contributed by atoms with Gasteiger partial charge in [0.2, 0.25) is 0 Å². The van der Waals surface area contributed by atoms with Crippen molar-refractivity contribution < 1.29 is 0 Å². The number of hydrogen-bond acceptors (Lipinski definition) is 2. The van der Waals surface area contributed by atoms with Crippen LogP contribution in [0.15, 0.2) is 140 Å². The molecule has 3 aromatic heterocycles. The maximum Gasteiger partial charge on any atom is 0.147 e. The number of aromatic nitrogens is 3. The molecular formula is C38H23N3. The summed E-state index contributed by atoms with van der Waals surface area (Å²) < 4.78 is 2.31. The van der Waals surface area contributed by atoms with Crippen molar-refractivity contribution in [2.24, 2.45) is 0 Å². The lowest BCUT2D eigenvalue weighted by molar-refractivity contribution is 1.31. The second-order valence-electron chi connectivity index (χ2n) is 10.7. The number of hydrogen-bond donors (Lipinski definition) is 0. The van der Waals surface area contributed by atoms with Crippen LogP contribution in [-0.4, -0.2) is 14.4 Å². The molecule has 41 heavy (non-hydrogen) atoms. The van der Waals surface area contributed by atoms with Gasteiger partial charge in [0.15, 0.2) is 0 Å². The Morgan fingerprint density at radius 2 is 1.07 bits per heavy atom. The molecule has 3 heterocycles. The third kappa shape index (κ3) is 3.39. The van der Waals surface area contributed by atoms with E-state index < -0.39 is 0 Å². The van der Waals surface area contributed by atoms with E-state index in [-0.39, 0.29) is 0 Å². The highest BCUT2D eigenvalue weighted by molar-refractivity contribution is 6.15. The molecule has 0 saturated carbocycles. The van der Waals surface area contributed by atoms with E-state index in [0.717, 1.165) is 49.4 Å². The largest absolute Gasteiger partial charge is 0.292 e. The maximum absolute atomic E-state index is 5.15. The molecule has 0 amide bonds. The summed E-state index contributed by atoms with van der Waals surface area (Å²) in [5, 5.41) is 5.82. The number of fused-ring (bicyclic) bond motifs is 10. The summed E-state index contributed by atoms with van der Waals surface area (Å²) in [4.78, 5) is 10.3. The molecule has 190 valence electrons. The Morgan fingerprint density at radius 3 is 1.95 bits per heavy atom. The summed E-state index contributed by atoms with van der Waals surface area (Å²) >= 11 is 0. The predicted octanol–water partition coefficient (Wildman–Crippen LogP) is 9.83. The highest BCUT2D eigenvalue weighted by atomic mass is 15.0. The minimum atomic E-state index is 0.939. The van der Waals surface area contributed by atoms with E-state index in [1.807, 2.05) is 6.07 Å². The van der Waals surface area contributed by atoms with Crippen molar-refractivity contribution in [1.29, 1.82) is 0 Å². The van der Waals surface area contributed by atoms with Gasteiger partial charge in [-0.15, -0.1) is 0 Å². The highest BCUT2D eigenvalue weighted by Crippen LogP contribution is 2.36. The number of rotatable bonds is 2. The minimum Gasteiger partial charge on any atom is -0.292 e. The van der Waals surface area contributed by atoms with Crippen LogP contribution in [0.3, 0.4) is 0 Å². The Labute approximate surface area is 236 Å². The molecule has 0 radical (unpaired) electrons. The van der Waals surface area contributed by atoms with E-state index in [2.05, 4.69) is 138 Å². The molecule has 0 bridgehead atoms. The lowest BCUT2D eigenvalue weighted by Gasteiger charge is -2.12. The highest BCUT2D eigenvalue weighted by Gasteiger charge is 2.16. The van der Waals surface area contributed by atoms with Crippen LogP contribution >= 0.6 is 0 Å². The normalized spacial score (nSPS) is 11.9. The van der Waals surface area contributed by atoms with Gasteiger partial charge in [-0.05, 0) is 75.5 Å². The van der Waals surface area contributed by atoms with Gasteiger partial charge in [-0.3, -0.25) is 4.40 Å². The van der Waals surface area contributed by atoms with Gasteiger partial charge >= 0.3 is 0 Å². The third-order valence-electron chi connectivity index (χ3n) is 8.30. The zero-order valence-corrected chi connectivity index (χ0v) is 22.1. The van der Waals surface area contributed by atoms with Gasteiger partial charge < -0.3 is 0 Å². The average molecular weight is 522 g/mol. The molecule has 3 heteroatoms. The molecule has 0 spiro atoms. The Kier molecular flexibility index (Phi) is 4.61. The average Bonchev–Trinajstić information content (AvgIpc) is 3.44. The van der Waals surface area contributed by atoms with Crippen molar-refractivity contribution in [1.82, 2.24) is 14.4 Å². The number of imidazole rings is 1. The topological polar surface area (TPSA) is 30.2 Å². The fourth-order valence-electron chi connectivity index (χ4n) is 6.29. The van der Waals surface area contributed by atoms with Gasteiger partial charge in [0, 0.05) is 16.2 Å². The summed E-state index contributed by atoms with van der Waals surface area (Å²) in [7, 11) is 0. The number of para-hydroxylation sites is 3. The SMILES string of the molecule is c1cc(-c2ccc3ccccc3c2)cc(-c2ccc3c4nc5ccccc5cc4c4nc5ccccc5n4c3c2)c1. The molecule has 0 atom stereocenters. The molecule has 9 aromatic rings. The van der Waals surface area contributed by atoms with Crippen LogP contribution in [0.25, 0.3) is 82.4 Å². The minimum absolute atomic E-state index is 0.939. The standard InChI is InChI=1S/C38H23N3/c1-2-9-25-20-28(17-16-24(25)8-1)26-11-7-12-27(21-26)29-18-19-31-36(23-29)41-35-15-6-5-14-34(35)40-38(41)32-22-30-10-3-4-13-33(30)39-37(31)32/h1-23H. The van der Waals surface area contributed by atoms with Crippen molar-refractivity contribution in [3.63, 3.8) is 0 Å². The van der Waals surface area contributed by atoms with E-state index in [1.54, 1.807) is 0 Å². The first kappa shape index (κ1) is 22.3. The van der Waals surface area contributed by atoms with Crippen molar-refractivity contribution in [2.75, 3.05) is 0 Å². The summed E-state index contributed by atoms with van der Waals surface area (Å²) in [5.74, 6) is 0. The second-order valence-corrected chi connectivity index (χ2v) is 10.7. The van der Waals surface area contributed by atoms with Gasteiger partial charge in [0.1, 0.15) is 5.65 Å². The monoisotopic (exact) mass is 521 g/mol. The summed E-state index contributed by atoms with van der Waals surface area (Å²) in [5.41, 5.74) is 10.9. The van der Waals surface area contributed by atoms with Crippen LogP contribution in [0.5, 0.6) is 0 Å². The first-order chi connectivity index (χ1) is 20.3. The summed E-state index contributed by atoms with van der Waals surface area (Å²) in [6.45, 7) is 0. The molecule has 0 saturated heterocycles. The lowest BCUT2D eigenvalue weighted by Crippen LogP contribution is -1.94. The number of nitrogens with zero attached hydrogens (tertiary/aromatic N) is 3. The number of benzene rings is 6. The first-order valence-electron chi connectivity index (χ1n) is 13.9. The first-order valence-corrected chi connectivity index (χ1v) is 13.9. The molecule has 9 rings (SSSR count). The molecular weight excluding hydrogens is 498 g/mol. The van der Waals surface area contributed by atoms with Gasteiger partial charge in [-0.2, -0.15) is 0 Å². The smallest absolute Gasteiger partial charge is 0.147 e. The Bertz CT molecular complexity index is 2490. The van der Waals surface area contributed by atoms with Crippen LogP contribution in [0, 0.1) is 0 Å². The fraction of sp³-hybridized carbons (Fsp3) is 0. The summed E-state index contributed by atoms with van der Waals surface area (Å²) in [6.07, 6.45) is 0. The Morgan fingerprint density at radius 1 is 0.390 bits per heavy atom. The maximum atomic E-state index is 5.15. The lowest BCUT2D eigenvalue weighted by atomic mass is 9.96. The van der Waals surface area contributed by atoms with Crippen LogP contribution < -0.4 is 0 Å². The Balaban J connectivity index is 1.31. The summed E-state index contributed by atoms with van der Waals surface area (Å²) in [6, 6.07) is 49.7. The quantitative estimate of drug-likeness (QED) is 0.167. The van der Waals surface area contributed by atoms with Crippen LogP contribution in [-0.2, 0) is 0 Å². The van der Waals surface area contributed by atoms with Crippen LogP contribution in [0.2, 0.25) is 0 Å². The van der Waals surface area contributed by atoms with Crippen LogP contribution in [0.4, 0.5) is 0 Å². The second kappa shape index (κ2) is 8.48. The molecule has 0 aliphatic carbocycles. The van der Waals surface area contributed by atoms with Crippen molar-refractivity contribution in [2.45, 2.75) is 0 Å². The van der Waals surface area contributed by atoms with Gasteiger partial charge in [0.05, 0.1) is 27.6 Å². The Hall–Kier alpha value is -5.54.